The smallest absolute Gasteiger partial charge is 0.393 e. The van der Waals surface area contributed by atoms with Crippen LogP contribution in [-0.4, -0.2) is 40.4 Å². The van der Waals surface area contributed by atoms with Gasteiger partial charge in [0.25, 0.3) is 0 Å². The SMILES string of the molecule is C=C1/C(=C\C=C2/CCC[C@]3(C)C([C@@H](C)CC#CC(O)(C(F)(F)F)C(F)(F)F)=CCC23)C[C@@H](O)C[C@@H]1F. The first-order valence-corrected chi connectivity index (χ1v) is 12.0. The molecule has 3 aliphatic rings. The Morgan fingerprint density at radius 2 is 1.83 bits per heavy atom. The van der Waals surface area contributed by atoms with Crippen molar-refractivity contribution < 1.29 is 40.9 Å². The Kier molecular flexibility index (Phi) is 7.93. The van der Waals surface area contributed by atoms with E-state index in [-0.39, 0.29) is 24.2 Å². The number of hydrogen-bond acceptors (Lipinski definition) is 2. The molecule has 36 heavy (non-hydrogen) atoms. The highest BCUT2D eigenvalue weighted by Gasteiger charge is 2.70. The molecule has 0 saturated heterocycles. The summed E-state index contributed by atoms with van der Waals surface area (Å²) in [6.07, 6.45) is -5.01. The lowest BCUT2D eigenvalue weighted by Crippen LogP contribution is -2.55. The summed E-state index contributed by atoms with van der Waals surface area (Å²) in [5, 5.41) is 19.2. The number of aliphatic hydroxyl groups excluding tert-OH is 1. The Morgan fingerprint density at radius 1 is 1.19 bits per heavy atom. The van der Waals surface area contributed by atoms with Crippen LogP contribution < -0.4 is 0 Å². The molecule has 0 amide bonds. The normalized spacial score (nSPS) is 32.7. The lowest BCUT2D eigenvalue weighted by atomic mass is 9.62. The maximum Gasteiger partial charge on any atom is 0.438 e. The highest BCUT2D eigenvalue weighted by atomic mass is 19.4. The van der Waals surface area contributed by atoms with Gasteiger partial charge in [0.1, 0.15) is 6.17 Å². The van der Waals surface area contributed by atoms with Crippen LogP contribution in [-0.2, 0) is 0 Å². The molecule has 1 unspecified atom stereocenters. The van der Waals surface area contributed by atoms with Crippen molar-refractivity contribution in [1.82, 2.24) is 0 Å². The number of rotatable bonds is 3. The zero-order chi connectivity index (χ0) is 27.1. The molecule has 0 aromatic carbocycles. The molecule has 3 aliphatic carbocycles. The van der Waals surface area contributed by atoms with Crippen LogP contribution >= 0.6 is 0 Å². The van der Waals surface area contributed by atoms with Crippen molar-refractivity contribution in [3.8, 4) is 11.8 Å². The number of allylic oxidation sites excluding steroid dienone is 6. The van der Waals surface area contributed by atoms with Gasteiger partial charge in [0, 0.05) is 12.8 Å². The van der Waals surface area contributed by atoms with Crippen LogP contribution in [0.25, 0.3) is 0 Å². The largest absolute Gasteiger partial charge is 0.438 e. The predicted molar refractivity (Wildman–Crippen MR) is 122 cm³/mol. The third-order valence-corrected chi connectivity index (χ3v) is 7.86. The fraction of sp³-hybridized carbons (Fsp3) is 0.630. The number of halogens is 7. The number of hydrogen-bond donors (Lipinski definition) is 2. The molecular weight excluding hydrogens is 489 g/mol. The molecule has 0 aliphatic heterocycles. The van der Waals surface area contributed by atoms with Crippen LogP contribution in [0.2, 0.25) is 0 Å². The molecule has 2 saturated carbocycles. The second kappa shape index (κ2) is 10.0. The highest BCUT2D eigenvalue weighted by molar-refractivity contribution is 5.40. The average molecular weight is 521 g/mol. The topological polar surface area (TPSA) is 40.5 Å². The van der Waals surface area contributed by atoms with Crippen LogP contribution in [0.3, 0.4) is 0 Å². The molecular formula is C27H31F7O2. The molecule has 0 aromatic heterocycles. The van der Waals surface area contributed by atoms with Gasteiger partial charge >= 0.3 is 18.0 Å². The van der Waals surface area contributed by atoms with Gasteiger partial charge in [-0.2, -0.15) is 26.3 Å². The van der Waals surface area contributed by atoms with E-state index in [1.807, 2.05) is 25.0 Å². The van der Waals surface area contributed by atoms with E-state index in [1.165, 1.54) is 0 Å². The van der Waals surface area contributed by atoms with Gasteiger partial charge in [-0.1, -0.05) is 55.7 Å². The summed E-state index contributed by atoms with van der Waals surface area (Å²) >= 11 is 0. The standard InChI is InChI=1S/C27H31F7O2/c1-16(6-4-13-25(36,26(29,30)31)27(32,33)34)21-10-11-22-18(7-5-12-24(21,22)3)8-9-19-14-20(35)15-23(28)17(19)2/h8-10,16,20,22-23,35-36H,2,5-7,11-12,14-15H2,1,3H3/b18-8+,19-9-/t16-,20+,22?,23-,24+/m0/s1. The number of alkyl halides is 7. The van der Waals surface area contributed by atoms with Crippen molar-refractivity contribution in [2.75, 3.05) is 0 Å². The van der Waals surface area contributed by atoms with Gasteiger partial charge in [-0.05, 0) is 66.4 Å². The first-order valence-electron chi connectivity index (χ1n) is 12.0. The van der Waals surface area contributed by atoms with Crippen molar-refractivity contribution in [2.24, 2.45) is 17.3 Å². The summed E-state index contributed by atoms with van der Waals surface area (Å²) in [6, 6.07) is 0. The minimum Gasteiger partial charge on any atom is -0.393 e. The van der Waals surface area contributed by atoms with Gasteiger partial charge in [-0.3, -0.25) is 0 Å². The predicted octanol–water partition coefficient (Wildman–Crippen LogP) is 6.91. The zero-order valence-electron chi connectivity index (χ0n) is 20.2. The summed E-state index contributed by atoms with van der Waals surface area (Å²) in [5.74, 6) is 2.68. The first kappa shape index (κ1) is 28.5. The lowest BCUT2D eigenvalue weighted by Gasteiger charge is -2.42. The van der Waals surface area contributed by atoms with Gasteiger partial charge in [0.15, 0.2) is 0 Å². The van der Waals surface area contributed by atoms with Gasteiger partial charge in [-0.15, -0.1) is 0 Å². The van der Waals surface area contributed by atoms with E-state index < -0.39 is 36.1 Å². The Labute approximate surface area is 206 Å². The van der Waals surface area contributed by atoms with Gasteiger partial charge in [0.05, 0.1) is 6.10 Å². The molecule has 0 spiro atoms. The molecule has 2 fully saturated rings. The van der Waals surface area contributed by atoms with Crippen molar-refractivity contribution in [3.63, 3.8) is 0 Å². The molecule has 0 radical (unpaired) electrons. The van der Waals surface area contributed by atoms with Crippen LogP contribution in [0.1, 0.15) is 58.8 Å². The summed E-state index contributed by atoms with van der Waals surface area (Å²) in [4.78, 5) is 0. The zero-order valence-corrected chi connectivity index (χ0v) is 20.2. The van der Waals surface area contributed by atoms with Crippen LogP contribution in [0.5, 0.6) is 0 Å². The van der Waals surface area contributed by atoms with Crippen LogP contribution in [0.4, 0.5) is 30.7 Å². The molecule has 9 heteroatoms. The monoisotopic (exact) mass is 520 g/mol. The quantitative estimate of drug-likeness (QED) is 0.241. The summed E-state index contributed by atoms with van der Waals surface area (Å²) in [5.41, 5.74) is -2.31. The number of aliphatic hydroxyl groups is 2. The van der Waals surface area contributed by atoms with E-state index in [9.17, 15) is 40.9 Å². The summed E-state index contributed by atoms with van der Waals surface area (Å²) in [7, 11) is 0. The molecule has 2 nitrogen and oxygen atoms in total. The minimum absolute atomic E-state index is 0.0326. The Hall–Kier alpha value is -2.05. The molecule has 0 heterocycles. The van der Waals surface area contributed by atoms with E-state index in [2.05, 4.69) is 6.58 Å². The molecule has 3 rings (SSSR count). The Bertz CT molecular complexity index is 1010. The fourth-order valence-corrected chi connectivity index (χ4v) is 5.79. The minimum atomic E-state index is -5.97. The van der Waals surface area contributed by atoms with Crippen molar-refractivity contribution in [1.29, 1.82) is 0 Å². The maximum atomic E-state index is 14.1. The van der Waals surface area contributed by atoms with Gasteiger partial charge in [-0.25, -0.2) is 4.39 Å². The summed E-state index contributed by atoms with van der Waals surface area (Å²) in [6.45, 7) is 7.56. The number of fused-ring (bicyclic) bond motifs is 1. The molecule has 2 N–H and O–H groups in total. The first-order chi connectivity index (χ1) is 16.5. The third-order valence-electron chi connectivity index (χ3n) is 7.86. The summed E-state index contributed by atoms with van der Waals surface area (Å²) < 4.78 is 91.4. The second-order valence-corrected chi connectivity index (χ2v) is 10.4. The van der Waals surface area contributed by atoms with E-state index >= 15 is 0 Å². The highest BCUT2D eigenvalue weighted by Crippen LogP contribution is 2.57. The third kappa shape index (κ3) is 5.31. The second-order valence-electron chi connectivity index (χ2n) is 10.4. The van der Waals surface area contributed by atoms with Gasteiger partial charge < -0.3 is 10.2 Å². The van der Waals surface area contributed by atoms with Crippen molar-refractivity contribution >= 4 is 0 Å². The molecule has 200 valence electrons. The van der Waals surface area contributed by atoms with E-state index in [4.69, 9.17) is 0 Å². The van der Waals surface area contributed by atoms with E-state index in [1.54, 1.807) is 13.0 Å². The van der Waals surface area contributed by atoms with Crippen LogP contribution in [0, 0.1) is 29.1 Å². The van der Waals surface area contributed by atoms with Gasteiger partial charge in [0.2, 0.25) is 0 Å². The van der Waals surface area contributed by atoms with Crippen molar-refractivity contribution in [3.05, 3.63) is 47.1 Å². The van der Waals surface area contributed by atoms with Crippen molar-refractivity contribution in [2.45, 2.75) is 89.0 Å². The van der Waals surface area contributed by atoms with E-state index in [0.29, 0.717) is 24.0 Å². The molecule has 0 bridgehead atoms. The molecule has 5 atom stereocenters. The Morgan fingerprint density at radius 3 is 2.44 bits per heavy atom. The van der Waals surface area contributed by atoms with E-state index in [0.717, 1.165) is 36.3 Å². The average Bonchev–Trinajstić information content (AvgIpc) is 3.11. The Balaban J connectivity index is 1.78. The molecule has 0 aromatic rings. The lowest BCUT2D eigenvalue weighted by molar-refractivity contribution is -0.343. The maximum absolute atomic E-state index is 14.1. The fourth-order valence-electron chi connectivity index (χ4n) is 5.79. The van der Waals surface area contributed by atoms with Crippen LogP contribution in [0.15, 0.2) is 47.1 Å².